The summed E-state index contributed by atoms with van der Waals surface area (Å²) in [5, 5.41) is 0. The fourth-order valence-electron chi connectivity index (χ4n) is 2.71. The minimum absolute atomic E-state index is 0.179. The van der Waals surface area contributed by atoms with Crippen LogP contribution in [0.3, 0.4) is 0 Å². The van der Waals surface area contributed by atoms with Crippen LogP contribution in [0.5, 0.6) is 0 Å². The van der Waals surface area contributed by atoms with Gasteiger partial charge in [-0.3, -0.25) is 0 Å². The summed E-state index contributed by atoms with van der Waals surface area (Å²) >= 11 is 3.51. The summed E-state index contributed by atoms with van der Waals surface area (Å²) < 4.78 is 6.63. The lowest BCUT2D eigenvalue weighted by Crippen LogP contribution is -2.47. The van der Waals surface area contributed by atoms with Crippen molar-refractivity contribution in [1.29, 1.82) is 0 Å². The van der Waals surface area contributed by atoms with Crippen molar-refractivity contribution in [3.63, 3.8) is 0 Å². The molecular formula is C17H24BrNO2. The highest BCUT2D eigenvalue weighted by Crippen LogP contribution is 2.24. The first kappa shape index (κ1) is 16.3. The maximum atomic E-state index is 12.4. The minimum Gasteiger partial charge on any atom is -0.444 e. The number of carbonyl (C=O) groups excluding carboxylic acids is 1. The third-order valence-electron chi connectivity index (χ3n) is 3.62. The van der Waals surface area contributed by atoms with Gasteiger partial charge < -0.3 is 9.64 Å². The predicted molar refractivity (Wildman–Crippen MR) is 88.4 cm³/mol. The summed E-state index contributed by atoms with van der Waals surface area (Å²) in [6.45, 7) is 6.54. The first-order valence-electron chi connectivity index (χ1n) is 7.59. The molecule has 0 spiro atoms. The average molecular weight is 354 g/mol. The number of likely N-dealkylation sites (tertiary alicyclic amines) is 1. The highest BCUT2D eigenvalue weighted by atomic mass is 79.9. The lowest BCUT2D eigenvalue weighted by atomic mass is 9.96. The molecule has 0 aromatic heterocycles. The Hall–Kier alpha value is -1.03. The standard InChI is InChI=1S/C17H24BrNO2/c1-17(2,3)21-16(20)19-10-5-4-9-15(19)12-13-7-6-8-14(18)11-13/h6-8,11,15H,4-5,9-10,12H2,1-3H3. The van der Waals surface area contributed by atoms with E-state index < -0.39 is 5.60 Å². The van der Waals surface area contributed by atoms with E-state index in [-0.39, 0.29) is 12.1 Å². The van der Waals surface area contributed by atoms with E-state index in [0.29, 0.717) is 0 Å². The molecule has 0 radical (unpaired) electrons. The number of piperidine rings is 1. The van der Waals surface area contributed by atoms with Crippen LogP contribution in [0, 0.1) is 0 Å². The van der Waals surface area contributed by atoms with Crippen molar-refractivity contribution in [3.8, 4) is 0 Å². The van der Waals surface area contributed by atoms with Crippen molar-refractivity contribution >= 4 is 22.0 Å². The molecule has 1 aromatic carbocycles. The molecule has 1 heterocycles. The molecule has 0 N–H and O–H groups in total. The highest BCUT2D eigenvalue weighted by molar-refractivity contribution is 9.10. The van der Waals surface area contributed by atoms with E-state index in [1.807, 2.05) is 37.8 Å². The second kappa shape index (κ2) is 6.82. The molecule has 1 fully saturated rings. The van der Waals surface area contributed by atoms with Crippen LogP contribution < -0.4 is 0 Å². The van der Waals surface area contributed by atoms with Gasteiger partial charge in [0.15, 0.2) is 0 Å². The van der Waals surface area contributed by atoms with Crippen molar-refractivity contribution in [2.75, 3.05) is 6.54 Å². The SMILES string of the molecule is CC(C)(C)OC(=O)N1CCCCC1Cc1cccc(Br)c1. The first-order chi connectivity index (χ1) is 9.85. The number of hydrogen-bond donors (Lipinski definition) is 0. The fourth-order valence-corrected chi connectivity index (χ4v) is 3.16. The maximum absolute atomic E-state index is 12.4. The van der Waals surface area contributed by atoms with Crippen LogP contribution in [0.1, 0.15) is 45.6 Å². The van der Waals surface area contributed by atoms with Crippen LogP contribution in [0.15, 0.2) is 28.7 Å². The van der Waals surface area contributed by atoms with Crippen LogP contribution >= 0.6 is 15.9 Å². The molecule has 0 saturated carbocycles. The Morgan fingerprint density at radius 3 is 2.81 bits per heavy atom. The summed E-state index contributed by atoms with van der Waals surface area (Å²) in [6.07, 6.45) is 4.00. The van der Waals surface area contributed by atoms with Crippen molar-refractivity contribution in [2.24, 2.45) is 0 Å². The Morgan fingerprint density at radius 2 is 2.14 bits per heavy atom. The largest absolute Gasteiger partial charge is 0.444 e. The van der Waals surface area contributed by atoms with E-state index in [1.165, 1.54) is 12.0 Å². The fraction of sp³-hybridized carbons (Fsp3) is 0.588. The lowest BCUT2D eigenvalue weighted by molar-refractivity contribution is 0.00995. The smallest absolute Gasteiger partial charge is 0.410 e. The average Bonchev–Trinajstić information content (AvgIpc) is 2.37. The Kier molecular flexibility index (Phi) is 5.31. The van der Waals surface area contributed by atoms with Gasteiger partial charge in [-0.1, -0.05) is 28.1 Å². The number of halogens is 1. The summed E-state index contributed by atoms with van der Waals surface area (Å²) in [5.41, 5.74) is 0.819. The highest BCUT2D eigenvalue weighted by Gasteiger charge is 2.30. The third kappa shape index (κ3) is 5.03. The van der Waals surface area contributed by atoms with Crippen LogP contribution in [0.4, 0.5) is 4.79 Å². The summed E-state index contributed by atoms with van der Waals surface area (Å²) in [7, 11) is 0. The molecule has 1 aliphatic rings. The molecule has 3 nitrogen and oxygen atoms in total. The number of hydrogen-bond acceptors (Lipinski definition) is 2. The van der Waals surface area contributed by atoms with Crippen LogP contribution in [0.25, 0.3) is 0 Å². The molecule has 2 rings (SSSR count). The van der Waals surface area contributed by atoms with Gasteiger partial charge in [0.1, 0.15) is 5.60 Å². The Balaban J connectivity index is 2.06. The van der Waals surface area contributed by atoms with Gasteiger partial charge in [0, 0.05) is 17.1 Å². The molecule has 1 aliphatic heterocycles. The number of amides is 1. The number of rotatable bonds is 2. The topological polar surface area (TPSA) is 29.5 Å². The molecule has 1 unspecified atom stereocenters. The summed E-state index contributed by atoms with van der Waals surface area (Å²) in [4.78, 5) is 14.3. The first-order valence-corrected chi connectivity index (χ1v) is 8.38. The van der Waals surface area contributed by atoms with E-state index in [2.05, 4.69) is 28.1 Å². The molecule has 1 atom stereocenters. The van der Waals surface area contributed by atoms with Crippen LogP contribution in [-0.2, 0) is 11.2 Å². The van der Waals surface area contributed by atoms with E-state index in [4.69, 9.17) is 4.74 Å². The normalized spacial score (nSPS) is 19.4. The Labute approximate surface area is 135 Å². The number of nitrogens with zero attached hydrogens (tertiary/aromatic N) is 1. The zero-order valence-corrected chi connectivity index (χ0v) is 14.6. The second-order valence-electron chi connectivity index (χ2n) is 6.66. The van der Waals surface area contributed by atoms with Gasteiger partial charge in [0.25, 0.3) is 0 Å². The summed E-state index contributed by atoms with van der Waals surface area (Å²) in [6, 6.07) is 8.55. The minimum atomic E-state index is -0.436. The zero-order valence-electron chi connectivity index (χ0n) is 13.1. The molecule has 1 amide bonds. The molecule has 21 heavy (non-hydrogen) atoms. The van der Waals surface area contributed by atoms with Gasteiger partial charge in [-0.05, 0) is 64.2 Å². The molecule has 1 aromatic rings. The van der Waals surface area contributed by atoms with E-state index in [9.17, 15) is 4.79 Å². The third-order valence-corrected chi connectivity index (χ3v) is 4.11. The van der Waals surface area contributed by atoms with Crippen LogP contribution in [0.2, 0.25) is 0 Å². The van der Waals surface area contributed by atoms with E-state index >= 15 is 0 Å². The molecule has 116 valence electrons. The van der Waals surface area contributed by atoms with Crippen molar-refractivity contribution < 1.29 is 9.53 Å². The van der Waals surface area contributed by atoms with Gasteiger partial charge in [-0.25, -0.2) is 4.79 Å². The number of benzene rings is 1. The lowest BCUT2D eigenvalue weighted by Gasteiger charge is -2.37. The quantitative estimate of drug-likeness (QED) is 0.765. The van der Waals surface area contributed by atoms with Gasteiger partial charge in [0.05, 0.1) is 0 Å². The Morgan fingerprint density at radius 1 is 1.38 bits per heavy atom. The number of carbonyl (C=O) groups is 1. The van der Waals surface area contributed by atoms with Gasteiger partial charge in [0.2, 0.25) is 0 Å². The van der Waals surface area contributed by atoms with Gasteiger partial charge in [-0.15, -0.1) is 0 Å². The molecule has 4 heteroatoms. The predicted octanol–water partition coefficient (Wildman–Crippen LogP) is 4.78. The van der Waals surface area contributed by atoms with Crippen molar-refractivity contribution in [1.82, 2.24) is 4.90 Å². The van der Waals surface area contributed by atoms with Crippen molar-refractivity contribution in [2.45, 2.75) is 58.1 Å². The van der Waals surface area contributed by atoms with Gasteiger partial charge >= 0.3 is 6.09 Å². The zero-order chi connectivity index (χ0) is 15.5. The molecule has 0 aliphatic carbocycles. The molecule has 0 bridgehead atoms. The molecular weight excluding hydrogens is 330 g/mol. The second-order valence-corrected chi connectivity index (χ2v) is 7.57. The van der Waals surface area contributed by atoms with Crippen LogP contribution in [-0.4, -0.2) is 29.2 Å². The van der Waals surface area contributed by atoms with E-state index in [0.717, 1.165) is 30.3 Å². The summed E-state index contributed by atoms with van der Waals surface area (Å²) in [5.74, 6) is 0. The molecule has 1 saturated heterocycles. The maximum Gasteiger partial charge on any atom is 0.410 e. The monoisotopic (exact) mass is 353 g/mol. The Bertz CT molecular complexity index is 496. The van der Waals surface area contributed by atoms with Crippen molar-refractivity contribution in [3.05, 3.63) is 34.3 Å². The van der Waals surface area contributed by atoms with E-state index in [1.54, 1.807) is 0 Å². The van der Waals surface area contributed by atoms with Gasteiger partial charge in [-0.2, -0.15) is 0 Å². The number of ether oxygens (including phenoxy) is 1.